The average molecular weight is 331 g/mol. The molecule has 0 spiro atoms. The standard InChI is InChI=1S/C14H13N5OS2/c1-7-8(2)22-13-11(7)12-17-18(4-10-5-21-6-15-10)14(20)19(12)9(3)16-13/h5-6H,4H2,1-3H3. The lowest BCUT2D eigenvalue weighted by molar-refractivity contribution is 0.647. The van der Waals surface area contributed by atoms with E-state index in [-0.39, 0.29) is 5.69 Å². The molecular formula is C14H13N5OS2. The molecule has 0 fully saturated rings. The maximum atomic E-state index is 12.6. The highest BCUT2D eigenvalue weighted by molar-refractivity contribution is 7.18. The zero-order valence-electron chi connectivity index (χ0n) is 12.3. The molecule has 22 heavy (non-hydrogen) atoms. The monoisotopic (exact) mass is 331 g/mol. The second kappa shape index (κ2) is 4.72. The van der Waals surface area contributed by atoms with Gasteiger partial charge in [0.2, 0.25) is 0 Å². The Bertz CT molecular complexity index is 1050. The highest BCUT2D eigenvalue weighted by atomic mass is 32.1. The fourth-order valence-corrected chi connectivity index (χ4v) is 4.20. The summed E-state index contributed by atoms with van der Waals surface area (Å²) in [6, 6.07) is 0. The maximum Gasteiger partial charge on any atom is 0.352 e. The number of aryl methyl sites for hydroxylation is 3. The van der Waals surface area contributed by atoms with Crippen LogP contribution in [-0.2, 0) is 6.54 Å². The van der Waals surface area contributed by atoms with Gasteiger partial charge in [-0.25, -0.2) is 23.8 Å². The molecule has 112 valence electrons. The number of thiazole rings is 1. The van der Waals surface area contributed by atoms with E-state index in [1.807, 2.05) is 12.3 Å². The normalized spacial score (nSPS) is 11.8. The number of rotatable bonds is 2. The maximum absolute atomic E-state index is 12.6. The first-order valence-electron chi connectivity index (χ1n) is 6.79. The molecule has 0 aliphatic rings. The molecule has 0 saturated heterocycles. The predicted octanol–water partition coefficient (Wildman–Crippen LogP) is 2.54. The minimum atomic E-state index is -0.168. The third-order valence-electron chi connectivity index (χ3n) is 3.81. The first-order chi connectivity index (χ1) is 10.6. The second-order valence-electron chi connectivity index (χ2n) is 5.20. The van der Waals surface area contributed by atoms with E-state index >= 15 is 0 Å². The average Bonchev–Trinajstić information content (AvgIpc) is 3.14. The SMILES string of the molecule is Cc1sc2nc(C)n3c(=O)n(Cc4cscn4)nc3c2c1C. The topological polar surface area (TPSA) is 65.1 Å². The molecule has 0 saturated carbocycles. The first-order valence-corrected chi connectivity index (χ1v) is 8.55. The Morgan fingerprint density at radius 3 is 2.82 bits per heavy atom. The van der Waals surface area contributed by atoms with Crippen LogP contribution in [0.4, 0.5) is 0 Å². The summed E-state index contributed by atoms with van der Waals surface area (Å²) < 4.78 is 3.05. The van der Waals surface area contributed by atoms with Gasteiger partial charge in [-0.2, -0.15) is 0 Å². The zero-order chi connectivity index (χ0) is 15.4. The summed E-state index contributed by atoms with van der Waals surface area (Å²) in [4.78, 5) is 23.6. The highest BCUT2D eigenvalue weighted by Gasteiger charge is 2.18. The van der Waals surface area contributed by atoms with Crippen molar-refractivity contribution in [1.29, 1.82) is 0 Å². The summed E-state index contributed by atoms with van der Waals surface area (Å²) in [5, 5.41) is 7.45. The Labute approximate surface area is 133 Å². The van der Waals surface area contributed by atoms with E-state index in [0.717, 1.165) is 21.5 Å². The molecule has 0 amide bonds. The van der Waals surface area contributed by atoms with Crippen LogP contribution in [0.1, 0.15) is 22.0 Å². The number of thiophene rings is 1. The van der Waals surface area contributed by atoms with E-state index in [9.17, 15) is 4.79 Å². The lowest BCUT2D eigenvalue weighted by Crippen LogP contribution is -2.23. The summed E-state index contributed by atoms with van der Waals surface area (Å²) >= 11 is 3.15. The van der Waals surface area contributed by atoms with Gasteiger partial charge in [0, 0.05) is 10.3 Å². The molecule has 4 aromatic heterocycles. The van der Waals surface area contributed by atoms with Gasteiger partial charge in [-0.05, 0) is 26.3 Å². The van der Waals surface area contributed by atoms with Gasteiger partial charge in [0.25, 0.3) is 0 Å². The van der Waals surface area contributed by atoms with Crippen LogP contribution >= 0.6 is 22.7 Å². The minimum Gasteiger partial charge on any atom is -0.248 e. The summed E-state index contributed by atoms with van der Waals surface area (Å²) in [5.74, 6) is 0.665. The third kappa shape index (κ3) is 1.84. The predicted molar refractivity (Wildman–Crippen MR) is 88.1 cm³/mol. The third-order valence-corrected chi connectivity index (χ3v) is 5.55. The molecule has 6 nitrogen and oxygen atoms in total. The molecule has 0 N–H and O–H groups in total. The smallest absolute Gasteiger partial charge is 0.248 e. The largest absolute Gasteiger partial charge is 0.352 e. The number of hydrogen-bond acceptors (Lipinski definition) is 6. The molecule has 0 radical (unpaired) electrons. The molecule has 8 heteroatoms. The van der Waals surface area contributed by atoms with Crippen molar-refractivity contribution in [3.8, 4) is 0 Å². The van der Waals surface area contributed by atoms with Crippen molar-refractivity contribution in [2.45, 2.75) is 27.3 Å². The van der Waals surface area contributed by atoms with Crippen LogP contribution in [0.5, 0.6) is 0 Å². The summed E-state index contributed by atoms with van der Waals surface area (Å²) in [7, 11) is 0. The van der Waals surface area contributed by atoms with Crippen LogP contribution in [0.3, 0.4) is 0 Å². The van der Waals surface area contributed by atoms with E-state index in [0.29, 0.717) is 18.0 Å². The Hall–Kier alpha value is -2.06. The van der Waals surface area contributed by atoms with Crippen molar-refractivity contribution in [2.75, 3.05) is 0 Å². The van der Waals surface area contributed by atoms with E-state index in [4.69, 9.17) is 0 Å². The molecule has 4 rings (SSSR count). The molecule has 0 aromatic carbocycles. The van der Waals surface area contributed by atoms with Gasteiger partial charge in [0.15, 0.2) is 5.65 Å². The van der Waals surface area contributed by atoms with Crippen LogP contribution in [0.25, 0.3) is 15.9 Å². The molecular weight excluding hydrogens is 318 g/mol. The van der Waals surface area contributed by atoms with Crippen molar-refractivity contribution in [2.24, 2.45) is 0 Å². The fourth-order valence-electron chi connectivity index (χ4n) is 2.58. The number of aromatic nitrogens is 5. The molecule has 0 atom stereocenters. The quantitative estimate of drug-likeness (QED) is 0.566. The van der Waals surface area contributed by atoms with Crippen LogP contribution < -0.4 is 5.69 Å². The van der Waals surface area contributed by atoms with Crippen molar-refractivity contribution in [3.63, 3.8) is 0 Å². The van der Waals surface area contributed by atoms with E-state index in [1.165, 1.54) is 20.9 Å². The molecule has 4 aromatic rings. The van der Waals surface area contributed by atoms with Crippen molar-refractivity contribution >= 4 is 38.5 Å². The Kier molecular flexibility index (Phi) is 2.92. The molecule has 0 aliphatic carbocycles. The second-order valence-corrected chi connectivity index (χ2v) is 7.12. The summed E-state index contributed by atoms with van der Waals surface area (Å²) in [6.45, 7) is 6.34. The van der Waals surface area contributed by atoms with Crippen molar-refractivity contribution in [1.82, 2.24) is 24.1 Å². The van der Waals surface area contributed by atoms with Crippen LogP contribution in [0.2, 0.25) is 0 Å². The van der Waals surface area contributed by atoms with Crippen LogP contribution in [0.15, 0.2) is 15.7 Å². The summed E-state index contributed by atoms with van der Waals surface area (Å²) in [5.41, 5.74) is 4.26. The van der Waals surface area contributed by atoms with Crippen molar-refractivity contribution < 1.29 is 0 Å². The van der Waals surface area contributed by atoms with Gasteiger partial charge in [-0.1, -0.05) is 0 Å². The lowest BCUT2D eigenvalue weighted by atomic mass is 10.2. The lowest BCUT2D eigenvalue weighted by Gasteiger charge is -1.98. The Morgan fingerprint density at radius 2 is 2.09 bits per heavy atom. The van der Waals surface area contributed by atoms with E-state index in [2.05, 4.69) is 28.9 Å². The fraction of sp³-hybridized carbons (Fsp3) is 0.286. The molecule has 0 unspecified atom stereocenters. The Morgan fingerprint density at radius 1 is 1.27 bits per heavy atom. The van der Waals surface area contributed by atoms with Gasteiger partial charge >= 0.3 is 5.69 Å². The van der Waals surface area contributed by atoms with Gasteiger partial charge in [0.05, 0.1) is 23.1 Å². The number of hydrogen-bond donors (Lipinski definition) is 0. The van der Waals surface area contributed by atoms with E-state index < -0.39 is 0 Å². The van der Waals surface area contributed by atoms with Crippen LogP contribution in [-0.4, -0.2) is 24.1 Å². The first kappa shape index (κ1) is 13.6. The molecule has 0 aliphatic heterocycles. The number of fused-ring (bicyclic) bond motifs is 3. The van der Waals surface area contributed by atoms with Gasteiger partial charge in [-0.3, -0.25) is 0 Å². The number of nitrogens with zero attached hydrogens (tertiary/aromatic N) is 5. The molecule has 4 heterocycles. The van der Waals surface area contributed by atoms with Crippen LogP contribution in [0, 0.1) is 20.8 Å². The minimum absolute atomic E-state index is 0.168. The summed E-state index contributed by atoms with van der Waals surface area (Å²) in [6.07, 6.45) is 0. The van der Waals surface area contributed by atoms with Gasteiger partial charge < -0.3 is 0 Å². The van der Waals surface area contributed by atoms with Crippen molar-refractivity contribution in [3.05, 3.63) is 43.3 Å². The highest BCUT2D eigenvalue weighted by Crippen LogP contribution is 2.31. The molecule has 0 bridgehead atoms. The van der Waals surface area contributed by atoms with Gasteiger partial charge in [-0.15, -0.1) is 27.8 Å². The Balaban J connectivity index is 2.06. The van der Waals surface area contributed by atoms with E-state index in [1.54, 1.807) is 21.2 Å². The zero-order valence-corrected chi connectivity index (χ0v) is 14.0. The van der Waals surface area contributed by atoms with Gasteiger partial charge in [0.1, 0.15) is 10.7 Å².